The van der Waals surface area contributed by atoms with Crippen molar-refractivity contribution in [1.29, 1.82) is 0 Å². The molecule has 0 radical (unpaired) electrons. The van der Waals surface area contributed by atoms with Crippen LogP contribution in [0.5, 0.6) is 0 Å². The highest BCUT2D eigenvalue weighted by Crippen LogP contribution is 2.09. The van der Waals surface area contributed by atoms with Crippen molar-refractivity contribution in [3.05, 3.63) is 48.3 Å². The fourth-order valence-corrected chi connectivity index (χ4v) is 1.58. The van der Waals surface area contributed by atoms with Crippen molar-refractivity contribution in [3.8, 4) is 5.69 Å². The molecule has 0 fully saturated rings. The van der Waals surface area contributed by atoms with Gasteiger partial charge in [0, 0.05) is 19.4 Å². The molecule has 5 heteroatoms. The van der Waals surface area contributed by atoms with E-state index < -0.39 is 0 Å². The first-order valence-electron chi connectivity index (χ1n) is 5.60. The molecule has 0 N–H and O–H groups in total. The van der Waals surface area contributed by atoms with Crippen LogP contribution in [0.15, 0.2) is 42.7 Å². The van der Waals surface area contributed by atoms with Gasteiger partial charge in [-0.3, -0.25) is 9.63 Å². The maximum absolute atomic E-state index is 11.6. The quantitative estimate of drug-likeness (QED) is 0.766. The van der Waals surface area contributed by atoms with Gasteiger partial charge in [0.05, 0.1) is 19.2 Å². The average molecular weight is 245 g/mol. The second-order valence-corrected chi connectivity index (χ2v) is 3.87. The van der Waals surface area contributed by atoms with Crippen molar-refractivity contribution in [2.45, 2.75) is 6.42 Å². The summed E-state index contributed by atoms with van der Waals surface area (Å²) in [6.07, 6.45) is 3.92. The number of amides is 1. The lowest BCUT2D eigenvalue weighted by Gasteiger charge is -2.13. The van der Waals surface area contributed by atoms with E-state index in [-0.39, 0.29) is 5.91 Å². The summed E-state index contributed by atoms with van der Waals surface area (Å²) in [5.41, 5.74) is 1.91. The first kappa shape index (κ1) is 12.3. The molecule has 5 nitrogen and oxygen atoms in total. The third kappa shape index (κ3) is 2.75. The highest BCUT2D eigenvalue weighted by molar-refractivity contribution is 5.77. The Morgan fingerprint density at radius 1 is 1.39 bits per heavy atom. The molecule has 0 aliphatic heterocycles. The van der Waals surface area contributed by atoms with Crippen molar-refractivity contribution in [3.63, 3.8) is 0 Å². The fourth-order valence-electron chi connectivity index (χ4n) is 1.58. The number of hydrogen-bond acceptors (Lipinski definition) is 3. The van der Waals surface area contributed by atoms with E-state index in [4.69, 9.17) is 4.84 Å². The SMILES string of the molecule is CON(C)C(=O)Cc1ccc(-n2cccn2)cc1. The van der Waals surface area contributed by atoms with E-state index in [9.17, 15) is 4.79 Å². The van der Waals surface area contributed by atoms with E-state index >= 15 is 0 Å². The van der Waals surface area contributed by atoms with Gasteiger partial charge in [0.15, 0.2) is 0 Å². The predicted molar refractivity (Wildman–Crippen MR) is 67.0 cm³/mol. The van der Waals surface area contributed by atoms with Crippen LogP contribution < -0.4 is 0 Å². The summed E-state index contributed by atoms with van der Waals surface area (Å²) in [6, 6.07) is 9.56. The Labute approximate surface area is 106 Å². The molecule has 18 heavy (non-hydrogen) atoms. The monoisotopic (exact) mass is 245 g/mol. The molecule has 1 heterocycles. The van der Waals surface area contributed by atoms with Gasteiger partial charge < -0.3 is 0 Å². The van der Waals surface area contributed by atoms with Crippen LogP contribution in [0.1, 0.15) is 5.56 Å². The topological polar surface area (TPSA) is 47.4 Å². The summed E-state index contributed by atoms with van der Waals surface area (Å²) in [5.74, 6) is -0.0793. The third-order valence-corrected chi connectivity index (χ3v) is 2.69. The first-order valence-corrected chi connectivity index (χ1v) is 5.60. The largest absolute Gasteiger partial charge is 0.275 e. The van der Waals surface area contributed by atoms with Gasteiger partial charge in [-0.1, -0.05) is 12.1 Å². The Hall–Kier alpha value is -2.14. The molecular formula is C13H15N3O2. The summed E-state index contributed by atoms with van der Waals surface area (Å²) < 4.78 is 1.77. The lowest BCUT2D eigenvalue weighted by atomic mass is 10.1. The molecular weight excluding hydrogens is 230 g/mol. The second kappa shape index (κ2) is 5.46. The molecule has 1 aromatic heterocycles. The van der Waals surface area contributed by atoms with Crippen LogP contribution in [0.4, 0.5) is 0 Å². The van der Waals surface area contributed by atoms with E-state index in [1.54, 1.807) is 17.9 Å². The van der Waals surface area contributed by atoms with Crippen molar-refractivity contribution in [2.24, 2.45) is 0 Å². The summed E-state index contributed by atoms with van der Waals surface area (Å²) in [7, 11) is 3.07. The van der Waals surface area contributed by atoms with Gasteiger partial charge in [-0.05, 0) is 23.8 Å². The van der Waals surface area contributed by atoms with Gasteiger partial charge >= 0.3 is 0 Å². The van der Waals surface area contributed by atoms with E-state index in [1.165, 1.54) is 12.2 Å². The molecule has 0 aliphatic carbocycles. The highest BCUT2D eigenvalue weighted by atomic mass is 16.7. The van der Waals surface area contributed by atoms with Gasteiger partial charge in [0.25, 0.3) is 0 Å². The lowest BCUT2D eigenvalue weighted by Crippen LogP contribution is -2.26. The van der Waals surface area contributed by atoms with Gasteiger partial charge in [0.1, 0.15) is 0 Å². The van der Waals surface area contributed by atoms with E-state index in [0.29, 0.717) is 6.42 Å². The number of likely N-dealkylation sites (N-methyl/N-ethyl adjacent to an activating group) is 1. The average Bonchev–Trinajstić information content (AvgIpc) is 2.92. The minimum atomic E-state index is -0.0793. The zero-order chi connectivity index (χ0) is 13.0. The van der Waals surface area contributed by atoms with Crippen LogP contribution in [0.25, 0.3) is 5.69 Å². The van der Waals surface area contributed by atoms with Crippen LogP contribution >= 0.6 is 0 Å². The molecule has 0 bridgehead atoms. The molecule has 0 aliphatic rings. The number of benzene rings is 1. The van der Waals surface area contributed by atoms with E-state index in [2.05, 4.69) is 5.10 Å². The molecule has 0 saturated heterocycles. The summed E-state index contributed by atoms with van der Waals surface area (Å²) in [5, 5.41) is 5.36. The Morgan fingerprint density at radius 2 is 2.11 bits per heavy atom. The predicted octanol–water partition coefficient (Wildman–Crippen LogP) is 1.43. The molecule has 0 spiro atoms. The van der Waals surface area contributed by atoms with Crippen LogP contribution in [0.2, 0.25) is 0 Å². The molecule has 0 atom stereocenters. The minimum Gasteiger partial charge on any atom is -0.275 e. The van der Waals surface area contributed by atoms with Gasteiger partial charge in [0.2, 0.25) is 5.91 Å². The maximum atomic E-state index is 11.6. The van der Waals surface area contributed by atoms with Crippen LogP contribution in [-0.2, 0) is 16.1 Å². The van der Waals surface area contributed by atoms with Gasteiger partial charge in [-0.15, -0.1) is 0 Å². The van der Waals surface area contributed by atoms with Gasteiger partial charge in [-0.2, -0.15) is 5.10 Å². The molecule has 1 aromatic carbocycles. The number of aromatic nitrogens is 2. The standard InChI is InChI=1S/C13H15N3O2/c1-15(18-2)13(17)10-11-4-6-12(7-5-11)16-9-3-8-14-16/h3-9H,10H2,1-2H3. The summed E-state index contributed by atoms with van der Waals surface area (Å²) >= 11 is 0. The number of rotatable bonds is 4. The van der Waals surface area contributed by atoms with Crippen molar-refractivity contribution < 1.29 is 9.63 Å². The first-order chi connectivity index (χ1) is 8.70. The molecule has 0 saturated carbocycles. The van der Waals surface area contributed by atoms with Crippen molar-refractivity contribution in [2.75, 3.05) is 14.2 Å². The zero-order valence-electron chi connectivity index (χ0n) is 10.4. The van der Waals surface area contributed by atoms with Crippen molar-refractivity contribution in [1.82, 2.24) is 14.8 Å². The van der Waals surface area contributed by atoms with Crippen LogP contribution in [-0.4, -0.2) is 34.9 Å². The number of carbonyl (C=O) groups is 1. The molecule has 2 rings (SSSR count). The molecule has 0 unspecified atom stereocenters. The van der Waals surface area contributed by atoms with E-state index in [1.807, 2.05) is 36.5 Å². The molecule has 1 amide bonds. The number of nitrogens with zero attached hydrogens (tertiary/aromatic N) is 3. The highest BCUT2D eigenvalue weighted by Gasteiger charge is 2.08. The number of hydroxylamine groups is 2. The number of hydrogen-bond donors (Lipinski definition) is 0. The van der Waals surface area contributed by atoms with Crippen LogP contribution in [0, 0.1) is 0 Å². The number of carbonyl (C=O) groups excluding carboxylic acids is 1. The fraction of sp³-hybridized carbons (Fsp3) is 0.231. The lowest BCUT2D eigenvalue weighted by molar-refractivity contribution is -0.167. The molecule has 94 valence electrons. The summed E-state index contributed by atoms with van der Waals surface area (Å²) in [6.45, 7) is 0. The minimum absolute atomic E-state index is 0.0793. The summed E-state index contributed by atoms with van der Waals surface area (Å²) in [4.78, 5) is 16.5. The molecule has 2 aromatic rings. The third-order valence-electron chi connectivity index (χ3n) is 2.69. The Balaban J connectivity index is 2.06. The smallest absolute Gasteiger partial charge is 0.250 e. The van der Waals surface area contributed by atoms with Crippen LogP contribution in [0.3, 0.4) is 0 Å². The van der Waals surface area contributed by atoms with Gasteiger partial charge in [-0.25, -0.2) is 9.75 Å². The van der Waals surface area contributed by atoms with Crippen molar-refractivity contribution >= 4 is 5.91 Å². The second-order valence-electron chi connectivity index (χ2n) is 3.87. The Bertz CT molecular complexity index is 506. The zero-order valence-corrected chi connectivity index (χ0v) is 10.4. The normalized spacial score (nSPS) is 10.3. The van der Waals surface area contributed by atoms with E-state index in [0.717, 1.165) is 11.3 Å². The Morgan fingerprint density at radius 3 is 2.67 bits per heavy atom. The maximum Gasteiger partial charge on any atom is 0.250 e. The Kier molecular flexibility index (Phi) is 3.74.